The number of aryl methyl sites for hydroxylation is 1. The minimum Gasteiger partial charge on any atom is -0.502 e. The largest absolute Gasteiger partial charge is 0.502 e. The molecule has 0 saturated heterocycles. The molecule has 0 aromatic carbocycles. The van der Waals surface area contributed by atoms with Crippen LogP contribution in [0.25, 0.3) is 10.2 Å². The fraction of sp³-hybridized carbons (Fsp3) is 0.154. The van der Waals surface area contributed by atoms with E-state index in [2.05, 4.69) is 5.10 Å². The van der Waals surface area contributed by atoms with Crippen LogP contribution in [0.3, 0.4) is 0 Å². The molecule has 0 saturated carbocycles. The number of hydrogen-bond acceptors (Lipinski definition) is 5. The molecular formula is C13H11N3O4S. The van der Waals surface area contributed by atoms with Gasteiger partial charge in [0.2, 0.25) is 0 Å². The lowest BCUT2D eigenvalue weighted by Crippen LogP contribution is -2.22. The number of thiophene rings is 1. The SMILES string of the molecule is Cn1cc(Cn2c(=O)c(O)c(C(=O)O)c3sccc32)cn1. The maximum Gasteiger partial charge on any atom is 0.341 e. The highest BCUT2D eigenvalue weighted by atomic mass is 32.1. The van der Waals surface area contributed by atoms with E-state index in [0.717, 1.165) is 5.56 Å². The monoisotopic (exact) mass is 305 g/mol. The van der Waals surface area contributed by atoms with E-state index in [1.165, 1.54) is 15.9 Å². The summed E-state index contributed by atoms with van der Waals surface area (Å²) in [6.45, 7) is 0.216. The van der Waals surface area contributed by atoms with Crippen LogP contribution in [-0.2, 0) is 13.6 Å². The lowest BCUT2D eigenvalue weighted by molar-refractivity contribution is 0.0695. The molecule has 7 nitrogen and oxygen atoms in total. The second kappa shape index (κ2) is 4.74. The molecule has 2 N–H and O–H groups in total. The van der Waals surface area contributed by atoms with Gasteiger partial charge in [0.05, 0.1) is 23.0 Å². The van der Waals surface area contributed by atoms with Crippen LogP contribution in [-0.4, -0.2) is 30.5 Å². The van der Waals surface area contributed by atoms with E-state index in [-0.39, 0.29) is 12.1 Å². The van der Waals surface area contributed by atoms with Crippen molar-refractivity contribution in [3.05, 3.63) is 45.3 Å². The van der Waals surface area contributed by atoms with Gasteiger partial charge in [-0.15, -0.1) is 11.3 Å². The summed E-state index contributed by atoms with van der Waals surface area (Å²) >= 11 is 1.17. The van der Waals surface area contributed by atoms with Gasteiger partial charge in [0, 0.05) is 18.8 Å². The van der Waals surface area contributed by atoms with Crippen molar-refractivity contribution in [1.82, 2.24) is 14.3 Å². The van der Waals surface area contributed by atoms with Crippen molar-refractivity contribution >= 4 is 27.5 Å². The maximum atomic E-state index is 12.2. The van der Waals surface area contributed by atoms with E-state index in [9.17, 15) is 19.8 Å². The fourth-order valence-corrected chi connectivity index (χ4v) is 3.18. The van der Waals surface area contributed by atoms with Crippen LogP contribution in [0, 0.1) is 0 Å². The van der Waals surface area contributed by atoms with E-state index in [1.807, 2.05) is 0 Å². The predicted molar refractivity (Wildman–Crippen MR) is 77.0 cm³/mol. The van der Waals surface area contributed by atoms with Crippen LogP contribution >= 0.6 is 11.3 Å². The summed E-state index contributed by atoms with van der Waals surface area (Å²) in [4.78, 5) is 23.5. The third-order valence-corrected chi connectivity index (χ3v) is 4.08. The molecule has 0 unspecified atom stereocenters. The number of carboxylic acids is 1. The topological polar surface area (TPSA) is 97.3 Å². The predicted octanol–water partition coefficient (Wildman–Crippen LogP) is 1.25. The Morgan fingerprint density at radius 3 is 2.86 bits per heavy atom. The van der Waals surface area contributed by atoms with Crippen LogP contribution in [0.1, 0.15) is 15.9 Å². The van der Waals surface area contributed by atoms with E-state index in [4.69, 9.17) is 0 Å². The number of rotatable bonds is 3. The number of carboxylic acid groups (broad SMARTS) is 1. The molecule has 0 bridgehead atoms. The summed E-state index contributed by atoms with van der Waals surface area (Å²) < 4.78 is 3.34. The summed E-state index contributed by atoms with van der Waals surface area (Å²) in [6, 6.07) is 1.67. The second-order valence-electron chi connectivity index (χ2n) is 4.58. The van der Waals surface area contributed by atoms with E-state index in [1.54, 1.807) is 35.6 Å². The molecule has 108 valence electrons. The van der Waals surface area contributed by atoms with Crippen molar-refractivity contribution in [2.75, 3.05) is 0 Å². The Bertz CT molecular complexity index is 906. The number of aromatic carboxylic acids is 1. The molecule has 0 amide bonds. The quantitative estimate of drug-likeness (QED) is 0.759. The number of aromatic nitrogens is 3. The Morgan fingerprint density at radius 2 is 2.24 bits per heavy atom. The first kappa shape index (κ1) is 13.4. The first-order valence-electron chi connectivity index (χ1n) is 6.03. The summed E-state index contributed by atoms with van der Waals surface area (Å²) in [5.41, 5.74) is 0.216. The number of pyridine rings is 1. The zero-order valence-electron chi connectivity index (χ0n) is 11.0. The van der Waals surface area contributed by atoms with Crippen molar-refractivity contribution in [1.29, 1.82) is 0 Å². The third-order valence-electron chi connectivity index (χ3n) is 3.16. The van der Waals surface area contributed by atoms with Gasteiger partial charge in [-0.05, 0) is 11.4 Å². The van der Waals surface area contributed by atoms with Gasteiger partial charge in [-0.2, -0.15) is 5.10 Å². The highest BCUT2D eigenvalue weighted by Gasteiger charge is 2.22. The van der Waals surface area contributed by atoms with Gasteiger partial charge >= 0.3 is 5.97 Å². The van der Waals surface area contributed by atoms with Crippen LogP contribution < -0.4 is 5.56 Å². The Hall–Kier alpha value is -2.61. The highest BCUT2D eigenvalue weighted by molar-refractivity contribution is 7.17. The zero-order valence-corrected chi connectivity index (χ0v) is 11.8. The molecule has 0 spiro atoms. The molecular weight excluding hydrogens is 294 g/mol. The fourth-order valence-electron chi connectivity index (χ4n) is 2.25. The number of aromatic hydroxyl groups is 1. The first-order chi connectivity index (χ1) is 9.99. The lowest BCUT2D eigenvalue weighted by Gasteiger charge is -2.09. The normalized spacial score (nSPS) is 11.1. The molecule has 8 heteroatoms. The molecule has 0 aliphatic heterocycles. The Morgan fingerprint density at radius 1 is 1.48 bits per heavy atom. The highest BCUT2D eigenvalue weighted by Crippen LogP contribution is 2.29. The van der Waals surface area contributed by atoms with Crippen LogP contribution in [0.15, 0.2) is 28.6 Å². The van der Waals surface area contributed by atoms with Crippen molar-refractivity contribution in [3.63, 3.8) is 0 Å². The van der Waals surface area contributed by atoms with E-state index < -0.39 is 17.3 Å². The lowest BCUT2D eigenvalue weighted by atomic mass is 10.2. The van der Waals surface area contributed by atoms with E-state index >= 15 is 0 Å². The van der Waals surface area contributed by atoms with Crippen molar-refractivity contribution in [3.8, 4) is 5.75 Å². The van der Waals surface area contributed by atoms with Gasteiger partial charge in [0.15, 0.2) is 5.75 Å². The number of carbonyl (C=O) groups is 1. The standard InChI is InChI=1S/C13H11N3O4S/c1-15-5-7(4-14-15)6-16-8-2-3-21-11(8)9(13(19)20)10(17)12(16)18/h2-5,17H,6H2,1H3,(H,19,20). The third kappa shape index (κ3) is 2.09. The zero-order chi connectivity index (χ0) is 15.1. The smallest absolute Gasteiger partial charge is 0.341 e. The Balaban J connectivity index is 2.26. The molecule has 3 heterocycles. The van der Waals surface area contributed by atoms with Crippen molar-refractivity contribution in [2.45, 2.75) is 6.54 Å². The summed E-state index contributed by atoms with van der Waals surface area (Å²) in [5.74, 6) is -2.05. The summed E-state index contributed by atoms with van der Waals surface area (Å²) in [6.07, 6.45) is 3.37. The van der Waals surface area contributed by atoms with Gasteiger partial charge < -0.3 is 10.2 Å². The van der Waals surface area contributed by atoms with Gasteiger partial charge in [-0.1, -0.05) is 0 Å². The number of nitrogens with zero attached hydrogens (tertiary/aromatic N) is 3. The van der Waals surface area contributed by atoms with Crippen LogP contribution in [0.4, 0.5) is 0 Å². The van der Waals surface area contributed by atoms with E-state index in [0.29, 0.717) is 10.2 Å². The molecule has 21 heavy (non-hydrogen) atoms. The van der Waals surface area contributed by atoms with Crippen molar-refractivity contribution < 1.29 is 15.0 Å². The molecule has 0 radical (unpaired) electrons. The van der Waals surface area contributed by atoms with Gasteiger partial charge in [0.25, 0.3) is 5.56 Å². The average Bonchev–Trinajstić information content (AvgIpc) is 3.03. The molecule has 0 aliphatic carbocycles. The Labute approximate surface area is 122 Å². The first-order valence-corrected chi connectivity index (χ1v) is 6.90. The molecule has 3 aromatic rings. The molecule has 0 atom stereocenters. The number of hydrogen-bond donors (Lipinski definition) is 2. The summed E-state index contributed by atoms with van der Waals surface area (Å²) in [7, 11) is 1.76. The minimum absolute atomic E-state index is 0.216. The minimum atomic E-state index is -1.31. The maximum absolute atomic E-state index is 12.2. The van der Waals surface area contributed by atoms with Gasteiger partial charge in [-0.25, -0.2) is 4.79 Å². The molecule has 3 aromatic heterocycles. The van der Waals surface area contributed by atoms with Crippen molar-refractivity contribution in [2.24, 2.45) is 7.05 Å². The van der Waals surface area contributed by atoms with Crippen LogP contribution in [0.5, 0.6) is 5.75 Å². The molecule has 3 rings (SSSR count). The van der Waals surface area contributed by atoms with Gasteiger partial charge in [-0.3, -0.25) is 14.0 Å². The Kier molecular flexibility index (Phi) is 3.02. The van der Waals surface area contributed by atoms with Gasteiger partial charge in [0.1, 0.15) is 5.56 Å². The second-order valence-corrected chi connectivity index (χ2v) is 5.49. The summed E-state index contributed by atoms with van der Waals surface area (Å²) in [5, 5.41) is 24.8. The molecule has 0 fully saturated rings. The molecule has 0 aliphatic rings. The number of fused-ring (bicyclic) bond motifs is 1. The average molecular weight is 305 g/mol. The van der Waals surface area contributed by atoms with Crippen LogP contribution in [0.2, 0.25) is 0 Å².